The van der Waals surface area contributed by atoms with Crippen LogP contribution in [0.1, 0.15) is 48.0 Å². The number of hydrogen-bond acceptors (Lipinski definition) is 8. The minimum absolute atomic E-state index is 0.218. The fraction of sp³-hybridized carbons (Fsp3) is 0.963. The van der Waals surface area contributed by atoms with Crippen molar-refractivity contribution in [1.82, 2.24) is 0 Å². The second-order valence-corrected chi connectivity index (χ2v) is 11.4. The van der Waals surface area contributed by atoms with E-state index in [4.69, 9.17) is 33.2 Å². The van der Waals surface area contributed by atoms with E-state index in [1.54, 1.807) is 14.2 Å². The van der Waals surface area contributed by atoms with Crippen LogP contribution in [0, 0.1) is 10.8 Å². The van der Waals surface area contributed by atoms with Crippen molar-refractivity contribution < 1.29 is 42.4 Å². The average molecular weight is 523 g/mol. The Morgan fingerprint density at radius 2 is 0.944 bits per heavy atom. The minimum Gasteiger partial charge on any atom is -0.463 e. The highest BCUT2D eigenvalue weighted by Gasteiger charge is 2.28. The van der Waals surface area contributed by atoms with Crippen LogP contribution < -0.4 is 0 Å². The number of nitrogens with zero attached hydrogens (tertiary/aromatic N) is 1. The summed E-state index contributed by atoms with van der Waals surface area (Å²) < 4.78 is 39.8. The van der Waals surface area contributed by atoms with Crippen molar-refractivity contribution in [2.45, 2.75) is 48.0 Å². The van der Waals surface area contributed by atoms with Crippen molar-refractivity contribution in [2.24, 2.45) is 10.8 Å². The molecule has 0 saturated heterocycles. The van der Waals surface area contributed by atoms with E-state index in [-0.39, 0.29) is 18.0 Å². The van der Waals surface area contributed by atoms with Gasteiger partial charge in [0.1, 0.15) is 32.8 Å². The maximum atomic E-state index is 11.9. The Hall–Kier alpha value is -0.810. The fourth-order valence-corrected chi connectivity index (χ4v) is 3.18. The lowest BCUT2D eigenvalue weighted by molar-refractivity contribution is -0.929. The van der Waals surface area contributed by atoms with Crippen LogP contribution in [0.4, 0.5) is 0 Å². The summed E-state index contributed by atoms with van der Waals surface area (Å²) in [5.41, 5.74) is -0.259. The van der Waals surface area contributed by atoms with Crippen LogP contribution in [0.2, 0.25) is 0 Å². The third kappa shape index (κ3) is 20.3. The summed E-state index contributed by atoms with van der Waals surface area (Å²) in [6.45, 7) is 21.6. The molecule has 0 fully saturated rings. The summed E-state index contributed by atoms with van der Waals surface area (Å²) in [7, 11) is 3.35. The number of hydrogen-bond donors (Lipinski definition) is 0. The molecule has 0 rings (SSSR count). The Kier molecular flexibility index (Phi) is 19.7. The molecule has 0 spiro atoms. The van der Waals surface area contributed by atoms with Gasteiger partial charge in [-0.1, -0.05) is 20.8 Å². The van der Waals surface area contributed by atoms with Gasteiger partial charge in [-0.2, -0.15) is 0 Å². The van der Waals surface area contributed by atoms with Gasteiger partial charge in [0.25, 0.3) is 0 Å². The molecule has 0 aromatic carbocycles. The van der Waals surface area contributed by atoms with Crippen LogP contribution in [0.15, 0.2) is 0 Å². The van der Waals surface area contributed by atoms with Gasteiger partial charge in [-0.25, -0.2) is 0 Å². The zero-order valence-corrected chi connectivity index (χ0v) is 24.5. The predicted molar refractivity (Wildman–Crippen MR) is 141 cm³/mol. The molecule has 0 aromatic heterocycles. The van der Waals surface area contributed by atoms with Gasteiger partial charge in [0, 0.05) is 20.8 Å². The van der Waals surface area contributed by atoms with Gasteiger partial charge in [0.15, 0.2) is 0 Å². The van der Waals surface area contributed by atoms with Gasteiger partial charge >= 0.3 is 5.97 Å². The highest BCUT2D eigenvalue weighted by atomic mass is 16.6. The number of quaternary nitrogens is 1. The Labute approximate surface area is 220 Å². The second-order valence-electron chi connectivity index (χ2n) is 11.4. The molecule has 0 aliphatic rings. The highest BCUT2D eigenvalue weighted by Crippen LogP contribution is 2.18. The number of rotatable bonds is 23. The predicted octanol–water partition coefficient (Wildman–Crippen LogP) is 3.19. The molecule has 0 amide bonds. The quantitative estimate of drug-likeness (QED) is 0.115. The first-order valence-corrected chi connectivity index (χ1v) is 13.3. The Morgan fingerprint density at radius 1 is 0.556 bits per heavy atom. The number of methoxy groups -OCH3 is 2. The fourth-order valence-electron chi connectivity index (χ4n) is 3.18. The molecule has 0 aromatic rings. The van der Waals surface area contributed by atoms with Gasteiger partial charge < -0.3 is 37.6 Å². The Morgan fingerprint density at radius 3 is 1.31 bits per heavy atom. The summed E-state index contributed by atoms with van der Waals surface area (Å²) in [5.74, 6) is -0.218. The second kappa shape index (κ2) is 20.2. The van der Waals surface area contributed by atoms with Crippen LogP contribution in [0.25, 0.3) is 0 Å². The first kappa shape index (κ1) is 35.2. The molecular formula is C27H56NO8+. The van der Waals surface area contributed by atoms with Crippen molar-refractivity contribution in [1.29, 1.82) is 0 Å². The van der Waals surface area contributed by atoms with E-state index >= 15 is 0 Å². The van der Waals surface area contributed by atoms with Gasteiger partial charge in [-0.05, 0) is 32.6 Å². The van der Waals surface area contributed by atoms with E-state index in [1.165, 1.54) is 0 Å². The third-order valence-electron chi connectivity index (χ3n) is 5.77. The van der Waals surface area contributed by atoms with Crippen LogP contribution in [0.5, 0.6) is 0 Å². The van der Waals surface area contributed by atoms with Crippen molar-refractivity contribution in [3.63, 3.8) is 0 Å². The average Bonchev–Trinajstić information content (AvgIpc) is 2.79. The topological polar surface area (TPSA) is 81.7 Å². The molecule has 0 heterocycles. The first-order chi connectivity index (χ1) is 17.0. The summed E-state index contributed by atoms with van der Waals surface area (Å²) >= 11 is 0. The first-order valence-electron chi connectivity index (χ1n) is 13.3. The maximum absolute atomic E-state index is 11.9. The summed E-state index contributed by atoms with van der Waals surface area (Å²) in [6.07, 6.45) is 1.02. The summed E-state index contributed by atoms with van der Waals surface area (Å²) in [4.78, 5) is 11.9. The molecule has 36 heavy (non-hydrogen) atoms. The molecule has 0 atom stereocenters. The smallest absolute Gasteiger partial charge is 0.311 e. The molecular weight excluding hydrogens is 466 g/mol. The van der Waals surface area contributed by atoms with Crippen LogP contribution in [-0.4, -0.2) is 124 Å². The zero-order chi connectivity index (χ0) is 27.3. The zero-order valence-electron chi connectivity index (χ0n) is 24.5. The van der Waals surface area contributed by atoms with E-state index in [2.05, 4.69) is 20.8 Å². The molecule has 0 unspecified atom stereocenters. The monoisotopic (exact) mass is 522 g/mol. The Balaban J connectivity index is 4.92. The van der Waals surface area contributed by atoms with Crippen molar-refractivity contribution in [3.05, 3.63) is 0 Å². The number of esters is 1. The lowest BCUT2D eigenvalue weighted by Gasteiger charge is -2.38. The van der Waals surface area contributed by atoms with Gasteiger partial charge in [-0.3, -0.25) is 4.79 Å². The lowest BCUT2D eigenvalue weighted by Crippen LogP contribution is -2.55. The molecule has 9 nitrogen and oxygen atoms in total. The SMILES string of the molecule is COCCOCC[N+](CCOCCOC)(CCOCCOC(=O)C(C)(C)C)CCOCCC(C)(C)C. The van der Waals surface area contributed by atoms with Crippen molar-refractivity contribution >= 4 is 5.97 Å². The third-order valence-corrected chi connectivity index (χ3v) is 5.77. The van der Waals surface area contributed by atoms with Gasteiger partial charge in [-0.15, -0.1) is 0 Å². The van der Waals surface area contributed by atoms with Crippen LogP contribution in [0.3, 0.4) is 0 Å². The Bertz CT molecular complexity index is 517. The molecule has 9 heteroatoms. The molecule has 0 aliphatic heterocycles. The minimum atomic E-state index is -0.509. The molecule has 0 saturated carbocycles. The number of carbonyl (C=O) groups excluding carboxylic acids is 1. The van der Waals surface area contributed by atoms with Crippen molar-refractivity contribution in [2.75, 3.05) is 113 Å². The van der Waals surface area contributed by atoms with Crippen molar-refractivity contribution in [3.8, 4) is 0 Å². The molecule has 0 N–H and O–H groups in total. The summed E-state index contributed by atoms with van der Waals surface area (Å²) in [5, 5.41) is 0. The maximum Gasteiger partial charge on any atom is 0.311 e. The number of carbonyl (C=O) groups is 1. The van der Waals surface area contributed by atoms with E-state index < -0.39 is 5.41 Å². The molecule has 0 radical (unpaired) electrons. The van der Waals surface area contributed by atoms with Crippen LogP contribution >= 0.6 is 0 Å². The lowest BCUT2D eigenvalue weighted by atomic mass is 9.93. The molecule has 0 aliphatic carbocycles. The largest absolute Gasteiger partial charge is 0.463 e. The van der Waals surface area contributed by atoms with Gasteiger partial charge in [0.05, 0.1) is 64.9 Å². The normalized spacial score (nSPS) is 12.8. The van der Waals surface area contributed by atoms with Crippen LogP contribution in [-0.2, 0) is 38.0 Å². The van der Waals surface area contributed by atoms with E-state index in [0.29, 0.717) is 59.5 Å². The molecule has 216 valence electrons. The number of ether oxygens (including phenoxy) is 7. The van der Waals surface area contributed by atoms with Gasteiger partial charge in [0.2, 0.25) is 0 Å². The van der Waals surface area contributed by atoms with E-state index in [0.717, 1.165) is 43.7 Å². The molecule has 0 bridgehead atoms. The highest BCUT2D eigenvalue weighted by molar-refractivity contribution is 5.75. The van der Waals surface area contributed by atoms with E-state index in [9.17, 15) is 4.79 Å². The summed E-state index contributed by atoms with van der Waals surface area (Å²) in [6, 6.07) is 0. The standard InChI is InChI=1S/C27H56NO8/c1-26(2,3)9-14-32-15-10-28(11-16-33-21-19-30-7,12-17-34-22-20-31-8)13-18-35-23-24-36-25(29)27(4,5)6/h9-24H2,1-8H3/q+1. The van der Waals surface area contributed by atoms with E-state index in [1.807, 2.05) is 20.8 Å².